The first kappa shape index (κ1) is 69.6. The van der Waals surface area contributed by atoms with Crippen molar-refractivity contribution in [2.24, 2.45) is 0 Å². The van der Waals surface area contributed by atoms with E-state index in [-0.39, 0.29) is 31.1 Å². The molecule has 0 aliphatic rings. The van der Waals surface area contributed by atoms with Gasteiger partial charge in [0.05, 0.1) is 0 Å². The number of carbonyl (C=O) groups excluding carboxylic acids is 3. The van der Waals surface area contributed by atoms with Gasteiger partial charge in [0.15, 0.2) is 6.10 Å². The summed E-state index contributed by atoms with van der Waals surface area (Å²) in [5.41, 5.74) is 0. The van der Waals surface area contributed by atoms with Crippen LogP contribution in [0.5, 0.6) is 0 Å². The zero-order valence-electron chi connectivity index (χ0n) is 48.1. The third-order valence-electron chi connectivity index (χ3n) is 13.4. The van der Waals surface area contributed by atoms with Crippen molar-refractivity contribution in [3.63, 3.8) is 0 Å². The van der Waals surface area contributed by atoms with Crippen LogP contribution in [0.15, 0.2) is 85.1 Å². The Bertz CT molecular complexity index is 1400. The van der Waals surface area contributed by atoms with Crippen LogP contribution in [0.4, 0.5) is 0 Å². The van der Waals surface area contributed by atoms with Crippen molar-refractivity contribution >= 4 is 17.9 Å². The summed E-state index contributed by atoms with van der Waals surface area (Å²) in [6.07, 6.45) is 80.1. The van der Waals surface area contributed by atoms with Gasteiger partial charge in [-0.05, 0) is 116 Å². The number of rotatable bonds is 56. The molecule has 0 radical (unpaired) electrons. The molecule has 0 N–H and O–H groups in total. The molecule has 0 amide bonds. The Balaban J connectivity index is 4.40. The topological polar surface area (TPSA) is 78.9 Å². The number of unbranched alkanes of at least 4 members (excludes halogenated alkanes) is 31. The normalized spacial score (nSPS) is 12.6. The van der Waals surface area contributed by atoms with E-state index in [9.17, 15) is 14.4 Å². The Morgan fingerprint density at radius 3 is 0.877 bits per heavy atom. The van der Waals surface area contributed by atoms with Crippen molar-refractivity contribution in [3.8, 4) is 0 Å². The lowest BCUT2D eigenvalue weighted by Gasteiger charge is -2.18. The quantitative estimate of drug-likeness (QED) is 0.0261. The van der Waals surface area contributed by atoms with Gasteiger partial charge in [-0.25, -0.2) is 0 Å². The highest BCUT2D eigenvalue weighted by Gasteiger charge is 2.19. The molecule has 0 aliphatic heterocycles. The highest BCUT2D eigenvalue weighted by Crippen LogP contribution is 2.16. The molecule has 0 saturated carbocycles. The number of allylic oxidation sites excluding steroid dienone is 14. The van der Waals surface area contributed by atoms with E-state index in [1.165, 1.54) is 141 Å². The van der Waals surface area contributed by atoms with Gasteiger partial charge in [-0.2, -0.15) is 0 Å². The van der Waals surface area contributed by atoms with Crippen LogP contribution in [0.2, 0.25) is 0 Å². The molecule has 0 aromatic heterocycles. The highest BCUT2D eigenvalue weighted by molar-refractivity contribution is 5.71. The molecular weight excluding hydrogens is 901 g/mol. The summed E-state index contributed by atoms with van der Waals surface area (Å²) in [5.74, 6) is -0.908. The van der Waals surface area contributed by atoms with Crippen molar-refractivity contribution in [2.45, 2.75) is 309 Å². The van der Waals surface area contributed by atoms with Gasteiger partial charge in [0.25, 0.3) is 0 Å². The summed E-state index contributed by atoms with van der Waals surface area (Å²) >= 11 is 0. The lowest BCUT2D eigenvalue weighted by Crippen LogP contribution is -2.30. The number of hydrogen-bond acceptors (Lipinski definition) is 6. The monoisotopic (exact) mass is 1020 g/mol. The van der Waals surface area contributed by atoms with Crippen LogP contribution in [0.1, 0.15) is 303 Å². The Labute approximate surface area is 452 Å². The second kappa shape index (κ2) is 61.1. The first-order chi connectivity index (χ1) is 36.0. The minimum absolute atomic E-state index is 0.0874. The smallest absolute Gasteiger partial charge is 0.306 e. The summed E-state index contributed by atoms with van der Waals surface area (Å²) < 4.78 is 16.9. The molecule has 6 nitrogen and oxygen atoms in total. The molecule has 0 saturated heterocycles. The minimum Gasteiger partial charge on any atom is -0.462 e. The third-order valence-corrected chi connectivity index (χ3v) is 13.4. The molecule has 420 valence electrons. The van der Waals surface area contributed by atoms with E-state index in [1.54, 1.807) is 0 Å². The van der Waals surface area contributed by atoms with Crippen molar-refractivity contribution in [1.29, 1.82) is 0 Å². The summed E-state index contributed by atoms with van der Waals surface area (Å²) in [6.45, 7) is 6.50. The van der Waals surface area contributed by atoms with Crippen LogP contribution in [0.25, 0.3) is 0 Å². The summed E-state index contributed by atoms with van der Waals surface area (Å²) in [4.78, 5) is 38.3. The zero-order valence-corrected chi connectivity index (χ0v) is 48.1. The molecule has 0 spiro atoms. The van der Waals surface area contributed by atoms with Crippen molar-refractivity contribution in [1.82, 2.24) is 0 Å². The molecular formula is C67H116O6. The van der Waals surface area contributed by atoms with E-state index in [2.05, 4.69) is 106 Å². The highest BCUT2D eigenvalue weighted by atomic mass is 16.6. The van der Waals surface area contributed by atoms with Gasteiger partial charge in [0, 0.05) is 19.3 Å². The Kier molecular flexibility index (Phi) is 58.3. The van der Waals surface area contributed by atoms with E-state index >= 15 is 0 Å². The number of hydrogen-bond donors (Lipinski definition) is 0. The number of esters is 3. The molecule has 0 aliphatic carbocycles. The molecule has 6 heteroatoms. The fraction of sp³-hybridized carbons (Fsp3) is 0.746. The van der Waals surface area contributed by atoms with Crippen LogP contribution in [0, 0.1) is 0 Å². The van der Waals surface area contributed by atoms with Crippen LogP contribution in [0.3, 0.4) is 0 Å². The van der Waals surface area contributed by atoms with Gasteiger partial charge in [0.1, 0.15) is 13.2 Å². The van der Waals surface area contributed by atoms with Crippen LogP contribution >= 0.6 is 0 Å². The second-order valence-corrected chi connectivity index (χ2v) is 20.6. The molecule has 0 bridgehead atoms. The van der Waals surface area contributed by atoms with E-state index in [1.807, 2.05) is 0 Å². The zero-order chi connectivity index (χ0) is 52.9. The van der Waals surface area contributed by atoms with E-state index in [0.29, 0.717) is 19.3 Å². The van der Waals surface area contributed by atoms with Gasteiger partial charge >= 0.3 is 17.9 Å². The molecule has 73 heavy (non-hydrogen) atoms. The average Bonchev–Trinajstić information content (AvgIpc) is 3.39. The van der Waals surface area contributed by atoms with Crippen LogP contribution < -0.4 is 0 Å². The number of ether oxygens (including phenoxy) is 3. The van der Waals surface area contributed by atoms with Gasteiger partial charge in [-0.1, -0.05) is 254 Å². The molecule has 0 aromatic rings. The predicted octanol–water partition coefficient (Wildman–Crippen LogP) is 21.1. The lowest BCUT2D eigenvalue weighted by atomic mass is 10.1. The largest absolute Gasteiger partial charge is 0.462 e. The molecule has 1 unspecified atom stereocenters. The van der Waals surface area contributed by atoms with E-state index < -0.39 is 6.10 Å². The maximum atomic E-state index is 12.9. The van der Waals surface area contributed by atoms with Crippen molar-refractivity contribution in [3.05, 3.63) is 85.1 Å². The first-order valence-electron chi connectivity index (χ1n) is 31.1. The molecule has 0 aromatic carbocycles. The summed E-state index contributed by atoms with van der Waals surface area (Å²) in [5, 5.41) is 0. The summed E-state index contributed by atoms with van der Waals surface area (Å²) in [7, 11) is 0. The minimum atomic E-state index is -0.792. The van der Waals surface area contributed by atoms with Crippen molar-refractivity contribution in [2.75, 3.05) is 13.2 Å². The number of carbonyl (C=O) groups is 3. The molecule has 0 heterocycles. The SMILES string of the molecule is CC/C=C\C/C=C\C/C=C\C/C=C\CCCCCCCCC(=O)OC(COC(=O)CCCCCCC/C=C\C/C=C\CCCCC)COC(=O)CCCCCCCCCCC/C=C\CCCCCCCCCC. The fourth-order valence-electron chi connectivity index (χ4n) is 8.69. The third kappa shape index (κ3) is 59.3. The van der Waals surface area contributed by atoms with Gasteiger partial charge in [-0.3, -0.25) is 14.4 Å². The Hall–Kier alpha value is -3.41. The van der Waals surface area contributed by atoms with Crippen LogP contribution in [-0.2, 0) is 28.6 Å². The maximum absolute atomic E-state index is 12.9. The first-order valence-corrected chi connectivity index (χ1v) is 31.1. The average molecular weight is 1020 g/mol. The lowest BCUT2D eigenvalue weighted by molar-refractivity contribution is -0.167. The van der Waals surface area contributed by atoms with Gasteiger partial charge in [0.2, 0.25) is 0 Å². The summed E-state index contributed by atoms with van der Waals surface area (Å²) in [6, 6.07) is 0. The standard InChI is InChI=1S/C67H116O6/c1-4-7-10-13-16-19-22-25-28-30-32-33-35-36-39-42-45-48-51-54-57-60-66(69)72-63-64(62-71-65(68)59-56-53-50-47-44-41-38-27-24-21-18-15-12-9-6-3)73-67(70)61-58-55-52-49-46-43-40-37-34-31-29-26-23-20-17-14-11-8-5-2/h8,11,17-18,20-21,26-27,29-30,32,34,37-38,64H,4-7,9-10,12-16,19,22-25,28,31,33,35-36,39-63H2,1-3H3/b11-8-,20-17-,21-18-,29-26-,32-30-,37-34-,38-27-. The predicted molar refractivity (Wildman–Crippen MR) is 316 cm³/mol. The maximum Gasteiger partial charge on any atom is 0.306 e. The second-order valence-electron chi connectivity index (χ2n) is 20.6. The molecule has 1 atom stereocenters. The molecule has 0 fully saturated rings. The van der Waals surface area contributed by atoms with E-state index in [0.717, 1.165) is 122 Å². The molecule has 0 rings (SSSR count). The fourth-order valence-corrected chi connectivity index (χ4v) is 8.69. The van der Waals surface area contributed by atoms with E-state index in [4.69, 9.17) is 14.2 Å². The van der Waals surface area contributed by atoms with Crippen molar-refractivity contribution < 1.29 is 28.6 Å². The van der Waals surface area contributed by atoms with Gasteiger partial charge < -0.3 is 14.2 Å². The Morgan fingerprint density at radius 1 is 0.288 bits per heavy atom. The van der Waals surface area contributed by atoms with Gasteiger partial charge in [-0.15, -0.1) is 0 Å². The van der Waals surface area contributed by atoms with Crippen LogP contribution in [-0.4, -0.2) is 37.2 Å². The Morgan fingerprint density at radius 2 is 0.534 bits per heavy atom.